The standard InChI is InChI=1S/C23H24N4OS/c1-27-12-17-9-16(11-24-20(17)26-27)18-6-5-15-10-19(29-21(15)25-18)23(28)13-22(14-23)7-3-2-4-8-22/h5-6,9-12,28H,2-4,7-8,13-14H2,1H3. The molecule has 4 heterocycles. The van der Waals surface area contributed by atoms with Crippen LogP contribution in [0.3, 0.4) is 0 Å². The number of nitrogens with zero attached hydrogens (tertiary/aromatic N) is 4. The van der Waals surface area contributed by atoms with E-state index < -0.39 is 5.60 Å². The van der Waals surface area contributed by atoms with E-state index in [4.69, 9.17) is 4.98 Å². The highest BCUT2D eigenvalue weighted by molar-refractivity contribution is 7.18. The van der Waals surface area contributed by atoms with Crippen LogP contribution < -0.4 is 0 Å². The molecule has 0 unspecified atom stereocenters. The minimum absolute atomic E-state index is 0.395. The molecule has 4 aromatic heterocycles. The van der Waals surface area contributed by atoms with Crippen LogP contribution in [0.4, 0.5) is 0 Å². The normalized spacial score (nSPS) is 20.3. The van der Waals surface area contributed by atoms with Crippen molar-refractivity contribution in [3.05, 3.63) is 41.5 Å². The Kier molecular flexibility index (Phi) is 3.69. The highest BCUT2D eigenvalue weighted by atomic mass is 32.1. The fourth-order valence-corrected chi connectivity index (χ4v) is 6.62. The number of pyridine rings is 2. The first-order valence-electron chi connectivity index (χ1n) is 10.5. The first kappa shape index (κ1) is 17.5. The predicted octanol–water partition coefficient (Wildman–Crippen LogP) is 5.18. The maximum atomic E-state index is 11.3. The van der Waals surface area contributed by atoms with Crippen molar-refractivity contribution in [1.29, 1.82) is 0 Å². The van der Waals surface area contributed by atoms with E-state index in [-0.39, 0.29) is 0 Å². The maximum absolute atomic E-state index is 11.3. The minimum Gasteiger partial charge on any atom is -0.384 e. The second kappa shape index (κ2) is 6.09. The average Bonchev–Trinajstić information content (AvgIpc) is 3.29. The zero-order valence-electron chi connectivity index (χ0n) is 16.6. The van der Waals surface area contributed by atoms with Crippen LogP contribution in [0.2, 0.25) is 0 Å². The van der Waals surface area contributed by atoms with Gasteiger partial charge >= 0.3 is 0 Å². The largest absolute Gasteiger partial charge is 0.384 e. The summed E-state index contributed by atoms with van der Waals surface area (Å²) in [6, 6.07) is 8.40. The zero-order chi connectivity index (χ0) is 19.6. The maximum Gasteiger partial charge on any atom is 0.181 e. The molecular weight excluding hydrogens is 380 g/mol. The van der Waals surface area contributed by atoms with E-state index in [2.05, 4.69) is 28.3 Å². The van der Waals surface area contributed by atoms with Crippen molar-refractivity contribution in [2.45, 2.75) is 50.5 Å². The van der Waals surface area contributed by atoms with Gasteiger partial charge in [0.05, 0.1) is 11.3 Å². The molecule has 0 aromatic carbocycles. The van der Waals surface area contributed by atoms with Crippen LogP contribution in [-0.4, -0.2) is 24.9 Å². The fraction of sp³-hybridized carbons (Fsp3) is 0.435. The van der Waals surface area contributed by atoms with E-state index in [9.17, 15) is 5.11 Å². The molecule has 4 aromatic rings. The topological polar surface area (TPSA) is 63.8 Å². The molecule has 1 N–H and O–H groups in total. The van der Waals surface area contributed by atoms with E-state index in [1.54, 1.807) is 16.0 Å². The molecular formula is C23H24N4OS. The predicted molar refractivity (Wildman–Crippen MR) is 116 cm³/mol. The fourth-order valence-electron chi connectivity index (χ4n) is 5.50. The van der Waals surface area contributed by atoms with E-state index in [0.717, 1.165) is 50.2 Å². The van der Waals surface area contributed by atoms with Gasteiger partial charge in [-0.15, -0.1) is 11.3 Å². The minimum atomic E-state index is -0.654. The summed E-state index contributed by atoms with van der Waals surface area (Å²) in [6.45, 7) is 0. The molecule has 6 rings (SSSR count). The van der Waals surface area contributed by atoms with Gasteiger partial charge < -0.3 is 5.11 Å². The van der Waals surface area contributed by atoms with Crippen molar-refractivity contribution < 1.29 is 5.11 Å². The van der Waals surface area contributed by atoms with Crippen LogP contribution in [0.5, 0.6) is 0 Å². The Hall–Kier alpha value is -2.31. The average molecular weight is 405 g/mol. The Bertz CT molecular complexity index is 1230. The Labute approximate surface area is 173 Å². The van der Waals surface area contributed by atoms with Gasteiger partial charge in [-0.05, 0) is 55.4 Å². The molecule has 0 aliphatic heterocycles. The molecule has 0 radical (unpaired) electrons. The van der Waals surface area contributed by atoms with Crippen LogP contribution in [0.15, 0.2) is 36.7 Å². The molecule has 1 spiro atoms. The summed E-state index contributed by atoms with van der Waals surface area (Å²) >= 11 is 1.65. The highest BCUT2D eigenvalue weighted by Gasteiger charge is 2.54. The van der Waals surface area contributed by atoms with Crippen LogP contribution in [0.25, 0.3) is 32.5 Å². The molecule has 2 saturated carbocycles. The van der Waals surface area contributed by atoms with Gasteiger partial charge in [-0.3, -0.25) is 4.68 Å². The first-order chi connectivity index (χ1) is 14.0. The first-order valence-corrected chi connectivity index (χ1v) is 11.3. The number of aliphatic hydroxyl groups is 1. The molecule has 2 fully saturated rings. The third kappa shape index (κ3) is 2.81. The van der Waals surface area contributed by atoms with Crippen molar-refractivity contribution in [2.75, 3.05) is 0 Å². The van der Waals surface area contributed by atoms with Crippen LogP contribution in [0, 0.1) is 5.41 Å². The quantitative estimate of drug-likeness (QED) is 0.500. The Morgan fingerprint density at radius 2 is 1.90 bits per heavy atom. The number of fused-ring (bicyclic) bond motifs is 2. The van der Waals surface area contributed by atoms with E-state index >= 15 is 0 Å². The Morgan fingerprint density at radius 1 is 1.07 bits per heavy atom. The number of rotatable bonds is 2. The van der Waals surface area contributed by atoms with Gasteiger partial charge in [-0.1, -0.05) is 19.3 Å². The van der Waals surface area contributed by atoms with Gasteiger partial charge in [0, 0.05) is 40.7 Å². The van der Waals surface area contributed by atoms with Crippen LogP contribution in [-0.2, 0) is 12.6 Å². The van der Waals surface area contributed by atoms with E-state index in [1.807, 2.05) is 25.5 Å². The highest BCUT2D eigenvalue weighted by Crippen LogP contribution is 2.61. The van der Waals surface area contributed by atoms with Crippen molar-refractivity contribution in [3.63, 3.8) is 0 Å². The number of hydrogen-bond donors (Lipinski definition) is 1. The van der Waals surface area contributed by atoms with Crippen LogP contribution >= 0.6 is 11.3 Å². The van der Waals surface area contributed by atoms with Crippen molar-refractivity contribution >= 4 is 32.6 Å². The van der Waals surface area contributed by atoms with Gasteiger partial charge in [-0.2, -0.15) is 5.10 Å². The van der Waals surface area contributed by atoms with E-state index in [1.165, 1.54) is 32.1 Å². The Balaban J connectivity index is 1.32. The summed E-state index contributed by atoms with van der Waals surface area (Å²) < 4.78 is 1.78. The van der Waals surface area contributed by atoms with Gasteiger partial charge in [0.2, 0.25) is 0 Å². The van der Waals surface area contributed by atoms with Crippen molar-refractivity contribution in [2.24, 2.45) is 12.5 Å². The Morgan fingerprint density at radius 3 is 2.72 bits per heavy atom. The molecule has 0 amide bonds. The summed E-state index contributed by atoms with van der Waals surface area (Å²) in [5, 5.41) is 17.7. The van der Waals surface area contributed by atoms with E-state index in [0.29, 0.717) is 5.41 Å². The summed E-state index contributed by atoms with van der Waals surface area (Å²) in [4.78, 5) is 11.4. The number of hydrogen-bond acceptors (Lipinski definition) is 5. The lowest BCUT2D eigenvalue weighted by Crippen LogP contribution is -2.50. The molecule has 29 heavy (non-hydrogen) atoms. The smallest absolute Gasteiger partial charge is 0.181 e. The molecule has 0 atom stereocenters. The molecule has 6 heteroatoms. The molecule has 0 bridgehead atoms. The lowest BCUT2D eigenvalue weighted by atomic mass is 9.53. The van der Waals surface area contributed by atoms with Crippen molar-refractivity contribution in [3.8, 4) is 11.3 Å². The molecule has 2 aliphatic rings. The third-order valence-electron chi connectivity index (χ3n) is 6.86. The third-order valence-corrected chi connectivity index (χ3v) is 8.10. The number of thiophene rings is 1. The van der Waals surface area contributed by atoms with Gasteiger partial charge in [0.25, 0.3) is 0 Å². The lowest BCUT2D eigenvalue weighted by Gasteiger charge is -2.55. The molecule has 0 saturated heterocycles. The van der Waals surface area contributed by atoms with Crippen molar-refractivity contribution in [1.82, 2.24) is 19.7 Å². The van der Waals surface area contributed by atoms with Crippen LogP contribution in [0.1, 0.15) is 49.8 Å². The number of aromatic nitrogens is 4. The monoisotopic (exact) mass is 404 g/mol. The molecule has 148 valence electrons. The summed E-state index contributed by atoms with van der Waals surface area (Å²) in [6.07, 6.45) is 12.2. The molecule has 5 nitrogen and oxygen atoms in total. The summed E-state index contributed by atoms with van der Waals surface area (Å²) in [7, 11) is 1.90. The zero-order valence-corrected chi connectivity index (χ0v) is 17.4. The SMILES string of the molecule is Cn1cc2cc(-c3ccc4cc(C5(O)CC6(CCCCC6)C5)sc4n3)cnc2n1. The van der Waals surface area contributed by atoms with Gasteiger partial charge in [-0.25, -0.2) is 9.97 Å². The molecule has 2 aliphatic carbocycles. The lowest BCUT2D eigenvalue weighted by molar-refractivity contribution is -0.146. The second-order valence-corrected chi connectivity index (χ2v) is 10.1. The summed E-state index contributed by atoms with van der Waals surface area (Å²) in [5.74, 6) is 0. The summed E-state index contributed by atoms with van der Waals surface area (Å²) in [5.41, 5.74) is 2.39. The van der Waals surface area contributed by atoms with Gasteiger partial charge in [0.1, 0.15) is 4.83 Å². The number of aryl methyl sites for hydroxylation is 1. The van der Waals surface area contributed by atoms with Gasteiger partial charge in [0.15, 0.2) is 5.65 Å². The second-order valence-electron chi connectivity index (χ2n) is 9.09.